The molecule has 2 N–H and O–H groups in total. The molecule has 0 atom stereocenters. The second-order valence-electron chi connectivity index (χ2n) is 4.78. The molecule has 2 heterocycles. The van der Waals surface area contributed by atoms with E-state index in [2.05, 4.69) is 20.1 Å². The minimum absolute atomic E-state index is 0. The smallest absolute Gasteiger partial charge is 0.250 e. The molecule has 6 nitrogen and oxygen atoms in total. The van der Waals surface area contributed by atoms with Crippen molar-refractivity contribution in [2.24, 2.45) is 5.73 Å². The van der Waals surface area contributed by atoms with Crippen molar-refractivity contribution in [2.75, 3.05) is 0 Å². The Morgan fingerprint density at radius 2 is 2.00 bits per heavy atom. The quantitative estimate of drug-likeness (QED) is 0.932. The van der Waals surface area contributed by atoms with Gasteiger partial charge in [-0.05, 0) is 18.9 Å². The molecule has 0 bridgehead atoms. The van der Waals surface area contributed by atoms with Gasteiger partial charge in [-0.2, -0.15) is 4.98 Å². The van der Waals surface area contributed by atoms with Gasteiger partial charge in [-0.3, -0.25) is 9.97 Å². The van der Waals surface area contributed by atoms with Crippen molar-refractivity contribution in [3.05, 3.63) is 36.0 Å². The number of rotatable bonds is 3. The molecule has 1 saturated carbocycles. The average Bonchev–Trinajstić information content (AvgIpc) is 3.07. The van der Waals surface area contributed by atoms with Crippen LogP contribution in [0.3, 0.4) is 0 Å². The molecule has 1 fully saturated rings. The first-order chi connectivity index (χ1) is 9.26. The van der Waals surface area contributed by atoms with Crippen LogP contribution in [-0.2, 0) is 5.54 Å². The molecule has 2 aromatic rings. The van der Waals surface area contributed by atoms with Crippen LogP contribution in [0, 0.1) is 0 Å². The van der Waals surface area contributed by atoms with E-state index in [1.807, 2.05) is 0 Å². The first-order valence-electron chi connectivity index (χ1n) is 6.33. The molecule has 20 heavy (non-hydrogen) atoms. The van der Waals surface area contributed by atoms with Crippen LogP contribution in [0.15, 0.2) is 23.1 Å². The zero-order chi connectivity index (χ0) is 13.1. The standard InChI is InChI=1S/C13H15N5O.ClH/c14-13(5-1-2-6-13)12-17-11(19-18-12)4-3-10-9-15-7-8-16-10;/h3-4,7-9H,1-2,5-6,14H2;1H/b4-3+;. The van der Waals surface area contributed by atoms with Gasteiger partial charge in [0.2, 0.25) is 0 Å². The summed E-state index contributed by atoms with van der Waals surface area (Å²) in [6.07, 6.45) is 12.5. The lowest BCUT2D eigenvalue weighted by Crippen LogP contribution is -2.34. The summed E-state index contributed by atoms with van der Waals surface area (Å²) in [4.78, 5) is 12.4. The minimum atomic E-state index is -0.415. The highest BCUT2D eigenvalue weighted by Crippen LogP contribution is 2.34. The number of halogens is 1. The van der Waals surface area contributed by atoms with E-state index in [4.69, 9.17) is 10.3 Å². The third kappa shape index (κ3) is 3.02. The van der Waals surface area contributed by atoms with Crippen molar-refractivity contribution in [3.8, 4) is 0 Å². The predicted molar refractivity (Wildman–Crippen MR) is 76.8 cm³/mol. The molecule has 1 aliphatic carbocycles. The van der Waals surface area contributed by atoms with Gasteiger partial charge in [-0.25, -0.2) is 0 Å². The third-order valence-corrected chi connectivity index (χ3v) is 3.36. The SMILES string of the molecule is Cl.NC1(c2noc(/C=C/c3cnccn3)n2)CCCC1. The van der Waals surface area contributed by atoms with Crippen LogP contribution in [0.4, 0.5) is 0 Å². The van der Waals surface area contributed by atoms with Crippen molar-refractivity contribution < 1.29 is 4.52 Å². The summed E-state index contributed by atoms with van der Waals surface area (Å²) >= 11 is 0. The van der Waals surface area contributed by atoms with Crippen LogP contribution >= 0.6 is 12.4 Å². The second kappa shape index (κ2) is 6.11. The van der Waals surface area contributed by atoms with Gasteiger partial charge in [0.15, 0.2) is 5.82 Å². The lowest BCUT2D eigenvalue weighted by molar-refractivity contribution is 0.364. The highest BCUT2D eigenvalue weighted by molar-refractivity contribution is 5.85. The molecular formula is C13H16ClN5O. The zero-order valence-electron chi connectivity index (χ0n) is 10.9. The third-order valence-electron chi connectivity index (χ3n) is 3.36. The highest BCUT2D eigenvalue weighted by Gasteiger charge is 2.35. The molecule has 0 radical (unpaired) electrons. The highest BCUT2D eigenvalue weighted by atomic mass is 35.5. The topological polar surface area (TPSA) is 90.7 Å². The van der Waals surface area contributed by atoms with Crippen molar-refractivity contribution >= 4 is 24.6 Å². The molecule has 0 aromatic carbocycles. The van der Waals surface area contributed by atoms with E-state index in [1.54, 1.807) is 30.7 Å². The lowest BCUT2D eigenvalue weighted by atomic mass is 9.99. The van der Waals surface area contributed by atoms with E-state index < -0.39 is 5.54 Å². The van der Waals surface area contributed by atoms with E-state index >= 15 is 0 Å². The maximum Gasteiger partial charge on any atom is 0.250 e. The van der Waals surface area contributed by atoms with Gasteiger partial charge in [0.1, 0.15) is 0 Å². The Morgan fingerprint density at radius 1 is 1.20 bits per heavy atom. The van der Waals surface area contributed by atoms with Crippen molar-refractivity contribution in [1.29, 1.82) is 0 Å². The van der Waals surface area contributed by atoms with Gasteiger partial charge in [0.25, 0.3) is 5.89 Å². The molecule has 0 saturated heterocycles. The molecule has 0 amide bonds. The Labute approximate surface area is 122 Å². The summed E-state index contributed by atoms with van der Waals surface area (Å²) in [7, 11) is 0. The molecule has 3 rings (SSSR count). The first-order valence-corrected chi connectivity index (χ1v) is 6.33. The van der Waals surface area contributed by atoms with Gasteiger partial charge in [-0.15, -0.1) is 12.4 Å². The Hall–Kier alpha value is -1.79. The summed E-state index contributed by atoms with van der Waals surface area (Å²) in [5.74, 6) is 1.04. The average molecular weight is 294 g/mol. The molecule has 2 aromatic heterocycles. The summed E-state index contributed by atoms with van der Waals surface area (Å²) < 4.78 is 5.19. The maximum absolute atomic E-state index is 6.27. The molecule has 0 aliphatic heterocycles. The Balaban J connectivity index is 0.00000147. The molecule has 1 aliphatic rings. The second-order valence-corrected chi connectivity index (χ2v) is 4.78. The Kier molecular flexibility index (Phi) is 4.46. The van der Waals surface area contributed by atoms with Gasteiger partial charge < -0.3 is 10.3 Å². The maximum atomic E-state index is 6.27. The summed E-state index contributed by atoms with van der Waals surface area (Å²) in [6.45, 7) is 0. The van der Waals surface area contributed by atoms with Crippen molar-refractivity contribution in [3.63, 3.8) is 0 Å². The zero-order valence-corrected chi connectivity index (χ0v) is 11.7. The lowest BCUT2D eigenvalue weighted by Gasteiger charge is -2.17. The number of hydrogen-bond donors (Lipinski definition) is 1. The van der Waals surface area contributed by atoms with Crippen LogP contribution < -0.4 is 5.73 Å². The van der Waals surface area contributed by atoms with Gasteiger partial charge in [-0.1, -0.05) is 18.0 Å². The van der Waals surface area contributed by atoms with E-state index in [-0.39, 0.29) is 12.4 Å². The molecule has 0 spiro atoms. The first kappa shape index (κ1) is 14.6. The van der Waals surface area contributed by atoms with Crippen LogP contribution in [0.1, 0.15) is 43.1 Å². The fourth-order valence-corrected chi connectivity index (χ4v) is 2.29. The summed E-state index contributed by atoms with van der Waals surface area (Å²) in [6, 6.07) is 0. The van der Waals surface area contributed by atoms with Crippen LogP contribution in [-0.4, -0.2) is 20.1 Å². The van der Waals surface area contributed by atoms with Crippen LogP contribution in [0.5, 0.6) is 0 Å². The predicted octanol–water partition coefficient (Wildman–Crippen LogP) is 2.18. The van der Waals surface area contributed by atoms with E-state index in [9.17, 15) is 0 Å². The van der Waals surface area contributed by atoms with Crippen molar-refractivity contribution in [1.82, 2.24) is 20.1 Å². The van der Waals surface area contributed by atoms with E-state index in [0.29, 0.717) is 11.7 Å². The van der Waals surface area contributed by atoms with Crippen LogP contribution in [0.2, 0.25) is 0 Å². The number of nitrogens with two attached hydrogens (primary N) is 1. The van der Waals surface area contributed by atoms with Gasteiger partial charge >= 0.3 is 0 Å². The summed E-state index contributed by atoms with van der Waals surface area (Å²) in [5, 5.41) is 3.98. The monoisotopic (exact) mass is 293 g/mol. The normalized spacial score (nSPS) is 17.2. The largest absolute Gasteiger partial charge is 0.335 e. The number of hydrogen-bond acceptors (Lipinski definition) is 6. The summed E-state index contributed by atoms with van der Waals surface area (Å²) in [5.41, 5.74) is 6.60. The fourth-order valence-electron chi connectivity index (χ4n) is 2.29. The molecule has 0 unspecified atom stereocenters. The number of aromatic nitrogens is 4. The van der Waals surface area contributed by atoms with Crippen LogP contribution in [0.25, 0.3) is 12.2 Å². The van der Waals surface area contributed by atoms with Crippen molar-refractivity contribution in [2.45, 2.75) is 31.2 Å². The van der Waals surface area contributed by atoms with Gasteiger partial charge in [0, 0.05) is 18.5 Å². The minimum Gasteiger partial charge on any atom is -0.335 e. The number of nitrogens with zero attached hydrogens (tertiary/aromatic N) is 4. The van der Waals surface area contributed by atoms with Gasteiger partial charge in [0.05, 0.1) is 17.4 Å². The Bertz CT molecular complexity index is 577. The van der Waals surface area contributed by atoms with E-state index in [1.165, 1.54) is 0 Å². The molecule has 7 heteroatoms. The molecule has 106 valence electrons. The molecular weight excluding hydrogens is 278 g/mol. The Morgan fingerprint density at radius 3 is 2.70 bits per heavy atom. The van der Waals surface area contributed by atoms with E-state index in [0.717, 1.165) is 31.4 Å². The fraction of sp³-hybridized carbons (Fsp3) is 0.385.